The third-order valence-corrected chi connectivity index (χ3v) is 6.80. The number of rotatable bonds is 5. The Hall–Kier alpha value is -2.77. The van der Waals surface area contributed by atoms with E-state index in [4.69, 9.17) is 0 Å². The molecular formula is C23H24N4O2S. The number of piperidine rings is 1. The number of amides is 1. The van der Waals surface area contributed by atoms with Crippen molar-refractivity contribution in [2.75, 3.05) is 13.1 Å². The van der Waals surface area contributed by atoms with Crippen LogP contribution in [0.4, 0.5) is 0 Å². The molecule has 0 unspecified atom stereocenters. The fraction of sp³-hybridized carbons (Fsp3) is 0.348. The second-order valence-corrected chi connectivity index (χ2v) is 9.00. The maximum Gasteiger partial charge on any atom is 0.263 e. The Bertz CT molecular complexity index is 1090. The Morgan fingerprint density at radius 1 is 1.17 bits per heavy atom. The summed E-state index contributed by atoms with van der Waals surface area (Å²) >= 11 is 1.73. The van der Waals surface area contributed by atoms with Gasteiger partial charge in [-0.25, -0.2) is 0 Å². The van der Waals surface area contributed by atoms with Gasteiger partial charge in [0.1, 0.15) is 5.56 Å². The molecular weight excluding hydrogens is 396 g/mol. The van der Waals surface area contributed by atoms with Gasteiger partial charge in [0, 0.05) is 44.0 Å². The van der Waals surface area contributed by atoms with E-state index in [2.05, 4.69) is 32.0 Å². The first kappa shape index (κ1) is 19.2. The number of hydrogen-bond acceptors (Lipinski definition) is 5. The van der Waals surface area contributed by atoms with Gasteiger partial charge in [-0.3, -0.25) is 19.5 Å². The second kappa shape index (κ2) is 8.16. The number of thiophene rings is 1. The first-order valence-corrected chi connectivity index (χ1v) is 11.3. The summed E-state index contributed by atoms with van der Waals surface area (Å²) in [7, 11) is 0. The molecule has 0 aliphatic carbocycles. The monoisotopic (exact) mass is 420 g/mol. The van der Waals surface area contributed by atoms with Crippen LogP contribution in [0, 0.1) is 5.92 Å². The molecule has 0 aromatic carbocycles. The Balaban J connectivity index is 1.33. The van der Waals surface area contributed by atoms with Gasteiger partial charge in [-0.2, -0.15) is 11.3 Å². The van der Waals surface area contributed by atoms with Gasteiger partial charge in [0.05, 0.1) is 12.2 Å². The zero-order chi connectivity index (χ0) is 20.5. The van der Waals surface area contributed by atoms with Crippen LogP contribution in [0.15, 0.2) is 58.1 Å². The highest BCUT2D eigenvalue weighted by Gasteiger charge is 2.35. The van der Waals surface area contributed by atoms with Gasteiger partial charge in [-0.1, -0.05) is 6.07 Å². The number of nitrogens with one attached hydrogen (secondary N) is 1. The van der Waals surface area contributed by atoms with Crippen LogP contribution in [0.3, 0.4) is 0 Å². The molecule has 0 radical (unpaired) electrons. The minimum absolute atomic E-state index is 0.174. The number of nitrogens with zero attached hydrogens (tertiary/aromatic N) is 3. The summed E-state index contributed by atoms with van der Waals surface area (Å²) in [6.45, 7) is 3.91. The van der Waals surface area contributed by atoms with Crippen molar-refractivity contribution in [3.05, 3.63) is 86.2 Å². The molecule has 2 aliphatic rings. The molecule has 154 valence electrons. The summed E-state index contributed by atoms with van der Waals surface area (Å²) in [5, 5.41) is 7.15. The van der Waals surface area contributed by atoms with E-state index in [1.54, 1.807) is 23.6 Å². The molecule has 2 bridgehead atoms. The van der Waals surface area contributed by atoms with Crippen LogP contribution in [-0.2, 0) is 19.6 Å². The maximum atomic E-state index is 13.1. The normalized spacial score (nSPS) is 20.5. The molecule has 6 nitrogen and oxygen atoms in total. The number of aromatic nitrogens is 2. The third kappa shape index (κ3) is 3.82. The van der Waals surface area contributed by atoms with E-state index in [1.807, 2.05) is 28.8 Å². The zero-order valence-electron chi connectivity index (χ0n) is 16.7. The third-order valence-electron chi connectivity index (χ3n) is 6.07. The number of pyridine rings is 2. The second-order valence-electron chi connectivity index (χ2n) is 8.22. The largest absolute Gasteiger partial charge is 0.346 e. The maximum absolute atomic E-state index is 13.1. The quantitative estimate of drug-likeness (QED) is 0.689. The van der Waals surface area contributed by atoms with E-state index in [0.717, 1.165) is 37.4 Å². The van der Waals surface area contributed by atoms with Gasteiger partial charge >= 0.3 is 0 Å². The van der Waals surface area contributed by atoms with E-state index in [-0.39, 0.29) is 17.0 Å². The molecule has 1 saturated heterocycles. The van der Waals surface area contributed by atoms with E-state index >= 15 is 0 Å². The van der Waals surface area contributed by atoms with Gasteiger partial charge < -0.3 is 9.88 Å². The van der Waals surface area contributed by atoms with Crippen molar-refractivity contribution in [1.29, 1.82) is 0 Å². The van der Waals surface area contributed by atoms with Crippen molar-refractivity contribution in [2.24, 2.45) is 5.92 Å². The lowest BCUT2D eigenvalue weighted by atomic mass is 9.83. The predicted octanol–water partition coefficient (Wildman–Crippen LogP) is 2.85. The summed E-state index contributed by atoms with van der Waals surface area (Å²) in [6, 6.07) is 11.4. The SMILES string of the molecule is O=C(NCc1ccccn1)c1ccc2n(c1=O)C[C@H]1C[C@@H]2CN(Cc2ccsc2)C1. The molecule has 1 fully saturated rings. The highest BCUT2D eigenvalue weighted by molar-refractivity contribution is 7.07. The smallest absolute Gasteiger partial charge is 0.263 e. The molecule has 7 heteroatoms. The number of hydrogen-bond donors (Lipinski definition) is 1. The fourth-order valence-corrected chi connectivity index (χ4v) is 5.42. The fourth-order valence-electron chi connectivity index (χ4n) is 4.76. The number of carbonyl (C=O) groups excluding carboxylic acids is 1. The van der Waals surface area contributed by atoms with Crippen molar-refractivity contribution < 1.29 is 4.79 Å². The zero-order valence-corrected chi connectivity index (χ0v) is 17.5. The minimum atomic E-state index is -0.337. The number of fused-ring (bicyclic) bond motifs is 4. The Kier molecular flexibility index (Phi) is 5.23. The highest BCUT2D eigenvalue weighted by Crippen LogP contribution is 2.35. The van der Waals surface area contributed by atoms with Crippen LogP contribution < -0.4 is 10.9 Å². The van der Waals surface area contributed by atoms with Crippen molar-refractivity contribution in [2.45, 2.75) is 32.0 Å². The molecule has 30 heavy (non-hydrogen) atoms. The van der Waals surface area contributed by atoms with E-state index in [0.29, 0.717) is 24.9 Å². The highest BCUT2D eigenvalue weighted by atomic mass is 32.1. The first-order valence-electron chi connectivity index (χ1n) is 10.3. The number of carbonyl (C=O) groups is 1. The predicted molar refractivity (Wildman–Crippen MR) is 117 cm³/mol. The summed E-state index contributed by atoms with van der Waals surface area (Å²) in [5.74, 6) is 0.449. The Morgan fingerprint density at radius 2 is 2.10 bits per heavy atom. The molecule has 1 N–H and O–H groups in total. The summed E-state index contributed by atoms with van der Waals surface area (Å²) in [6.07, 6.45) is 2.81. The summed E-state index contributed by atoms with van der Waals surface area (Å²) in [4.78, 5) is 32.5. The molecule has 2 atom stereocenters. The molecule has 3 aromatic rings. The summed E-state index contributed by atoms with van der Waals surface area (Å²) in [5.41, 5.74) is 3.23. The van der Waals surface area contributed by atoms with Gasteiger partial charge in [0.15, 0.2) is 0 Å². The van der Waals surface area contributed by atoms with Crippen molar-refractivity contribution in [3.63, 3.8) is 0 Å². The Labute approximate surface area is 179 Å². The topological polar surface area (TPSA) is 67.2 Å². The van der Waals surface area contributed by atoms with E-state index in [1.165, 1.54) is 5.56 Å². The lowest BCUT2D eigenvalue weighted by Gasteiger charge is -2.42. The van der Waals surface area contributed by atoms with Crippen LogP contribution in [0.5, 0.6) is 0 Å². The van der Waals surface area contributed by atoms with Gasteiger partial charge in [-0.15, -0.1) is 0 Å². The molecule has 0 spiro atoms. The van der Waals surface area contributed by atoms with Crippen LogP contribution in [0.25, 0.3) is 0 Å². The van der Waals surface area contributed by atoms with Crippen LogP contribution in [0.2, 0.25) is 0 Å². The van der Waals surface area contributed by atoms with Crippen LogP contribution >= 0.6 is 11.3 Å². The minimum Gasteiger partial charge on any atom is -0.346 e. The van der Waals surface area contributed by atoms with Gasteiger partial charge in [-0.05, 0) is 59.0 Å². The lowest BCUT2D eigenvalue weighted by Crippen LogP contribution is -2.47. The molecule has 2 aliphatic heterocycles. The first-order chi connectivity index (χ1) is 14.7. The molecule has 1 amide bonds. The molecule has 3 aromatic heterocycles. The average molecular weight is 421 g/mol. The molecule has 5 rings (SSSR count). The van der Waals surface area contributed by atoms with Gasteiger partial charge in [0.25, 0.3) is 11.5 Å². The molecule has 5 heterocycles. The van der Waals surface area contributed by atoms with Crippen molar-refractivity contribution in [1.82, 2.24) is 19.8 Å². The average Bonchev–Trinajstić information content (AvgIpc) is 3.26. The van der Waals surface area contributed by atoms with Gasteiger partial charge in [0.2, 0.25) is 0 Å². The summed E-state index contributed by atoms with van der Waals surface area (Å²) < 4.78 is 1.84. The van der Waals surface area contributed by atoms with E-state index < -0.39 is 0 Å². The lowest BCUT2D eigenvalue weighted by molar-refractivity contribution is 0.0943. The number of likely N-dealkylation sites (tertiary alicyclic amines) is 1. The Morgan fingerprint density at radius 3 is 2.90 bits per heavy atom. The van der Waals surface area contributed by atoms with Crippen molar-refractivity contribution in [3.8, 4) is 0 Å². The standard InChI is InChI=1S/C23H24N4O2S/c28-22(25-10-19-3-1-2-7-24-19)20-4-5-21-18-9-17(13-27(21)23(20)29)12-26(14-18)11-16-6-8-30-15-16/h1-8,15,17-18H,9-14H2,(H,25,28)/t17-,18+/m0/s1. The molecule has 0 saturated carbocycles. The van der Waals surface area contributed by atoms with Crippen LogP contribution in [-0.4, -0.2) is 33.4 Å². The van der Waals surface area contributed by atoms with E-state index in [9.17, 15) is 9.59 Å². The van der Waals surface area contributed by atoms with Crippen LogP contribution in [0.1, 0.15) is 39.6 Å². The van der Waals surface area contributed by atoms with Crippen molar-refractivity contribution >= 4 is 17.2 Å².